The molecule has 7 heteroatoms. The normalized spacial score (nSPS) is 14.2. The molecule has 1 aliphatic heterocycles. The first-order chi connectivity index (χ1) is 19.2. The van der Waals surface area contributed by atoms with Gasteiger partial charge in [-0.25, -0.2) is 4.98 Å². The molecule has 0 atom stereocenters. The number of carbonyl (C=O) groups is 1. The van der Waals surface area contributed by atoms with Crippen molar-refractivity contribution in [2.75, 3.05) is 44.2 Å². The second-order valence-electron chi connectivity index (χ2n) is 10.3. The van der Waals surface area contributed by atoms with Crippen molar-refractivity contribution in [3.05, 3.63) is 60.0 Å². The Labute approximate surface area is 235 Å². The number of hydrogen-bond acceptors (Lipinski definition) is 7. The van der Waals surface area contributed by atoms with E-state index in [1.54, 1.807) is 6.07 Å². The second-order valence-corrected chi connectivity index (χ2v) is 11.2. The van der Waals surface area contributed by atoms with E-state index >= 15 is 0 Å². The molecule has 0 saturated carbocycles. The minimum Gasteiger partial charge on any atom is -0.494 e. The first-order valence-corrected chi connectivity index (χ1v) is 15.3. The number of pyridine rings is 1. The SMILES string of the molecule is CCCCCCC(=O)Oc1ccc2ccc(OCCCCN3CCN(c4cccc5sccc45)CC3)cc2n1. The fraction of sp³-hybridized carbons (Fsp3) is 0.438. The molecular weight excluding hydrogens is 506 g/mol. The van der Waals surface area contributed by atoms with Gasteiger partial charge in [0.15, 0.2) is 0 Å². The van der Waals surface area contributed by atoms with Gasteiger partial charge in [-0.05, 0) is 67.6 Å². The van der Waals surface area contributed by atoms with Crippen LogP contribution in [0.15, 0.2) is 60.0 Å². The van der Waals surface area contributed by atoms with E-state index in [9.17, 15) is 4.79 Å². The number of piperazine rings is 1. The standard InChI is InChI=1S/C32H39N3O3S/c1-2-3-4-5-11-32(36)38-31-15-13-25-12-14-26(24-28(25)33-31)37-22-7-6-17-34-18-20-35(21-19-34)29-9-8-10-30-27(29)16-23-39-30/h8-10,12-16,23-24H,2-7,11,17-22H2,1H3. The van der Waals surface area contributed by atoms with Gasteiger partial charge in [-0.1, -0.05) is 32.3 Å². The Morgan fingerprint density at radius 2 is 1.82 bits per heavy atom. The largest absolute Gasteiger partial charge is 0.494 e. The van der Waals surface area contributed by atoms with Gasteiger partial charge in [0, 0.05) is 65.9 Å². The summed E-state index contributed by atoms with van der Waals surface area (Å²) in [6.45, 7) is 8.29. The fourth-order valence-electron chi connectivity index (χ4n) is 5.18. The molecule has 4 aromatic rings. The van der Waals surface area contributed by atoms with E-state index in [-0.39, 0.29) is 5.97 Å². The zero-order valence-electron chi connectivity index (χ0n) is 22.9. The number of carbonyl (C=O) groups excluding carboxylic acids is 1. The highest BCUT2D eigenvalue weighted by Gasteiger charge is 2.18. The summed E-state index contributed by atoms with van der Waals surface area (Å²) in [5.41, 5.74) is 2.15. The van der Waals surface area contributed by atoms with Crippen LogP contribution < -0.4 is 14.4 Å². The predicted molar refractivity (Wildman–Crippen MR) is 161 cm³/mol. The Bertz CT molecular complexity index is 1360. The highest BCUT2D eigenvalue weighted by molar-refractivity contribution is 7.17. The fourth-order valence-corrected chi connectivity index (χ4v) is 5.99. The number of thiophene rings is 1. The number of hydrogen-bond donors (Lipinski definition) is 0. The van der Waals surface area contributed by atoms with Gasteiger partial charge in [-0.2, -0.15) is 0 Å². The maximum absolute atomic E-state index is 12.1. The highest BCUT2D eigenvalue weighted by Crippen LogP contribution is 2.31. The van der Waals surface area contributed by atoms with E-state index in [4.69, 9.17) is 9.47 Å². The Hall–Kier alpha value is -3.16. The molecule has 0 aliphatic carbocycles. The quantitative estimate of drug-likeness (QED) is 0.130. The molecule has 39 heavy (non-hydrogen) atoms. The molecule has 2 aromatic carbocycles. The number of benzene rings is 2. The van der Waals surface area contributed by atoms with Crippen LogP contribution in [-0.2, 0) is 4.79 Å². The van der Waals surface area contributed by atoms with Gasteiger partial charge in [-0.3, -0.25) is 9.69 Å². The summed E-state index contributed by atoms with van der Waals surface area (Å²) in [6, 6.07) is 18.5. The van der Waals surface area contributed by atoms with Crippen LogP contribution >= 0.6 is 11.3 Å². The Balaban J connectivity index is 1.02. The summed E-state index contributed by atoms with van der Waals surface area (Å²) < 4.78 is 12.9. The van der Waals surface area contributed by atoms with Crippen molar-refractivity contribution in [2.45, 2.75) is 51.9 Å². The molecular formula is C32H39N3O3S. The van der Waals surface area contributed by atoms with Crippen molar-refractivity contribution in [1.29, 1.82) is 0 Å². The van der Waals surface area contributed by atoms with Gasteiger partial charge < -0.3 is 14.4 Å². The molecule has 206 valence electrons. The molecule has 0 bridgehead atoms. The topological polar surface area (TPSA) is 54.9 Å². The smallest absolute Gasteiger partial charge is 0.312 e. The molecule has 0 spiro atoms. The summed E-state index contributed by atoms with van der Waals surface area (Å²) >= 11 is 1.82. The summed E-state index contributed by atoms with van der Waals surface area (Å²) in [4.78, 5) is 21.8. The molecule has 2 aromatic heterocycles. The molecule has 0 unspecified atom stereocenters. The maximum Gasteiger partial charge on any atom is 0.312 e. The van der Waals surface area contributed by atoms with Crippen LogP contribution in [-0.4, -0.2) is 55.2 Å². The van der Waals surface area contributed by atoms with Crippen LogP contribution in [0, 0.1) is 0 Å². The van der Waals surface area contributed by atoms with Gasteiger partial charge in [0.05, 0.1) is 12.1 Å². The molecule has 1 saturated heterocycles. The highest BCUT2D eigenvalue weighted by atomic mass is 32.1. The van der Waals surface area contributed by atoms with Crippen LogP contribution in [0.1, 0.15) is 51.9 Å². The van der Waals surface area contributed by atoms with Crippen LogP contribution in [0.25, 0.3) is 21.0 Å². The Morgan fingerprint density at radius 1 is 0.949 bits per heavy atom. The number of esters is 1. The number of anilines is 1. The summed E-state index contributed by atoms with van der Waals surface area (Å²) in [7, 11) is 0. The summed E-state index contributed by atoms with van der Waals surface area (Å²) in [5.74, 6) is 0.938. The number of ether oxygens (including phenoxy) is 2. The monoisotopic (exact) mass is 545 g/mol. The third-order valence-corrected chi connectivity index (χ3v) is 8.30. The summed E-state index contributed by atoms with van der Waals surface area (Å²) in [5, 5.41) is 4.57. The van der Waals surface area contributed by atoms with Crippen LogP contribution in [0.2, 0.25) is 0 Å². The molecule has 0 radical (unpaired) electrons. The van der Waals surface area contributed by atoms with Gasteiger partial charge in [0.25, 0.3) is 0 Å². The summed E-state index contributed by atoms with van der Waals surface area (Å²) in [6.07, 6.45) is 6.78. The van der Waals surface area contributed by atoms with Gasteiger partial charge in [0.2, 0.25) is 5.88 Å². The number of fused-ring (bicyclic) bond motifs is 2. The average molecular weight is 546 g/mol. The number of aromatic nitrogens is 1. The van der Waals surface area contributed by atoms with Gasteiger partial charge in [0.1, 0.15) is 5.75 Å². The molecule has 1 aliphatic rings. The predicted octanol–water partition coefficient (Wildman–Crippen LogP) is 7.31. The van der Waals surface area contributed by atoms with E-state index in [1.807, 2.05) is 35.6 Å². The van der Waals surface area contributed by atoms with E-state index in [1.165, 1.54) is 15.8 Å². The van der Waals surface area contributed by atoms with E-state index in [2.05, 4.69) is 51.4 Å². The molecule has 5 rings (SSSR count). The van der Waals surface area contributed by atoms with E-state index in [0.717, 1.165) is 87.9 Å². The lowest BCUT2D eigenvalue weighted by Gasteiger charge is -2.36. The average Bonchev–Trinajstić information content (AvgIpc) is 3.45. The van der Waals surface area contributed by atoms with Crippen molar-refractivity contribution in [3.8, 4) is 11.6 Å². The lowest BCUT2D eigenvalue weighted by Crippen LogP contribution is -2.46. The van der Waals surface area contributed by atoms with Crippen LogP contribution in [0.3, 0.4) is 0 Å². The minimum absolute atomic E-state index is 0.216. The van der Waals surface area contributed by atoms with Crippen molar-refractivity contribution in [1.82, 2.24) is 9.88 Å². The van der Waals surface area contributed by atoms with Crippen molar-refractivity contribution in [3.63, 3.8) is 0 Å². The van der Waals surface area contributed by atoms with Crippen LogP contribution in [0.5, 0.6) is 11.6 Å². The number of nitrogens with zero attached hydrogens (tertiary/aromatic N) is 3. The number of unbranched alkanes of at least 4 members (excludes halogenated alkanes) is 4. The minimum atomic E-state index is -0.216. The van der Waals surface area contributed by atoms with Crippen molar-refractivity contribution >= 4 is 44.0 Å². The Morgan fingerprint density at radius 3 is 2.69 bits per heavy atom. The molecule has 6 nitrogen and oxygen atoms in total. The van der Waals surface area contributed by atoms with E-state index in [0.29, 0.717) is 18.9 Å². The van der Waals surface area contributed by atoms with Gasteiger partial charge >= 0.3 is 5.97 Å². The second kappa shape index (κ2) is 13.8. The zero-order chi connectivity index (χ0) is 26.9. The molecule has 3 heterocycles. The number of rotatable bonds is 13. The van der Waals surface area contributed by atoms with E-state index < -0.39 is 0 Å². The zero-order valence-corrected chi connectivity index (χ0v) is 23.8. The maximum atomic E-state index is 12.1. The third kappa shape index (κ3) is 7.49. The van der Waals surface area contributed by atoms with Crippen molar-refractivity contribution < 1.29 is 14.3 Å². The Kier molecular flexibility index (Phi) is 9.67. The third-order valence-electron chi connectivity index (χ3n) is 7.41. The van der Waals surface area contributed by atoms with Crippen molar-refractivity contribution in [2.24, 2.45) is 0 Å². The lowest BCUT2D eigenvalue weighted by molar-refractivity contribution is -0.134. The molecule has 0 N–H and O–H groups in total. The molecule has 0 amide bonds. The molecule has 1 fully saturated rings. The lowest BCUT2D eigenvalue weighted by atomic mass is 10.1. The first kappa shape index (κ1) is 27.4. The first-order valence-electron chi connectivity index (χ1n) is 14.4. The van der Waals surface area contributed by atoms with Gasteiger partial charge in [-0.15, -0.1) is 11.3 Å². The van der Waals surface area contributed by atoms with Crippen LogP contribution in [0.4, 0.5) is 5.69 Å².